The van der Waals surface area contributed by atoms with Gasteiger partial charge in [-0.3, -0.25) is 18.7 Å². The minimum Gasteiger partial charge on any atom is -0.494 e. The lowest BCUT2D eigenvalue weighted by Crippen LogP contribution is -2.40. The molecule has 0 fully saturated rings. The molecule has 0 saturated heterocycles. The Bertz CT molecular complexity index is 3510. The molecule has 396 valence electrons. The first-order chi connectivity index (χ1) is 37.2. The standard InChI is InChI=1S/C60H64N10O7/c1-40-51(57(72)69(35-21-29-65(3)4)59(74)54(40)67-31-17-11-18-32-67)62-61-47-28-27-44(38-48(47)76-7)50(42-23-13-9-14-24-42)45-37-46(56(71)43-25-15-10-16-26-43)53(49(39-45)77-8)64-63-52-41(2)55(68-33-19-12-20-34-68)60(75)70(58(52)73)36-22-30-66(5)6/h9-20,23-28,31-34,37-39,50,56,71H,21-22,29-30,35-36H2,1-8H3/p+2. The molecular weight excluding hydrogens is 973 g/mol. The third-order valence-corrected chi connectivity index (χ3v) is 13.4. The van der Waals surface area contributed by atoms with Gasteiger partial charge < -0.3 is 34.6 Å². The van der Waals surface area contributed by atoms with Crippen LogP contribution in [0.1, 0.15) is 63.8 Å². The zero-order valence-corrected chi connectivity index (χ0v) is 44.8. The lowest BCUT2D eigenvalue weighted by molar-refractivity contribution is -0.597. The molecule has 8 rings (SSSR count). The van der Waals surface area contributed by atoms with Crippen LogP contribution in [-0.4, -0.2) is 89.8 Å². The number of hydrogen-bond acceptors (Lipinski definition) is 13. The largest absolute Gasteiger partial charge is 0.494 e. The van der Waals surface area contributed by atoms with E-state index in [2.05, 4.69) is 10.2 Å². The Morgan fingerprint density at radius 3 is 1.45 bits per heavy atom. The molecule has 17 nitrogen and oxygen atoms in total. The Labute approximate surface area is 448 Å². The van der Waals surface area contributed by atoms with Gasteiger partial charge in [-0.05, 0) is 114 Å². The van der Waals surface area contributed by atoms with E-state index in [1.54, 1.807) is 60.9 Å². The first-order valence-corrected chi connectivity index (χ1v) is 25.4. The molecule has 0 aliphatic heterocycles. The van der Waals surface area contributed by atoms with Gasteiger partial charge in [0.2, 0.25) is 11.8 Å². The SMILES string of the molecule is COc1cc(C(c2ccccc2)c2cc(OC)c(N=Nc3c(C)c(-[n+]4ccccc4)c(=O)n(CCCN(C)C)c3O)c(C(O)c3ccccc3)c2)ccc1N=Nc1c(C)c(-[n+]2ccccc2)c(=O)n(CCCN(C)C)c1O. The maximum absolute atomic E-state index is 14.2. The molecule has 0 bridgehead atoms. The lowest BCUT2D eigenvalue weighted by atomic mass is 9.83. The second kappa shape index (κ2) is 24.8. The van der Waals surface area contributed by atoms with Crippen LogP contribution in [0.5, 0.6) is 23.3 Å². The zero-order chi connectivity index (χ0) is 54.8. The summed E-state index contributed by atoms with van der Waals surface area (Å²) in [5.41, 5.74) is 4.97. The van der Waals surface area contributed by atoms with Crippen molar-refractivity contribution in [1.29, 1.82) is 0 Å². The van der Waals surface area contributed by atoms with Gasteiger partial charge in [0.25, 0.3) is 11.4 Å². The summed E-state index contributed by atoms with van der Waals surface area (Å²) in [6.45, 7) is 5.33. The Balaban J connectivity index is 1.26. The number of aromatic nitrogens is 4. The highest BCUT2D eigenvalue weighted by atomic mass is 16.5. The first kappa shape index (κ1) is 54.6. The van der Waals surface area contributed by atoms with Crippen LogP contribution in [0, 0.1) is 13.8 Å². The fourth-order valence-electron chi connectivity index (χ4n) is 9.52. The molecule has 0 amide bonds. The van der Waals surface area contributed by atoms with Crippen molar-refractivity contribution in [2.24, 2.45) is 20.5 Å². The Morgan fingerprint density at radius 2 is 0.974 bits per heavy atom. The van der Waals surface area contributed by atoms with E-state index in [4.69, 9.17) is 19.7 Å². The van der Waals surface area contributed by atoms with E-state index in [-0.39, 0.29) is 58.8 Å². The predicted molar refractivity (Wildman–Crippen MR) is 296 cm³/mol. The molecule has 4 heterocycles. The van der Waals surface area contributed by atoms with E-state index in [9.17, 15) is 24.9 Å². The number of aliphatic hydroxyl groups is 1. The third kappa shape index (κ3) is 12.1. The molecule has 0 aliphatic rings. The van der Waals surface area contributed by atoms with Crippen molar-refractivity contribution in [2.45, 2.75) is 51.8 Å². The predicted octanol–water partition coefficient (Wildman–Crippen LogP) is 9.60. The number of ether oxygens (including phenoxy) is 2. The van der Waals surface area contributed by atoms with Gasteiger partial charge in [-0.1, -0.05) is 78.9 Å². The quantitative estimate of drug-likeness (QED) is 0.0358. The summed E-state index contributed by atoms with van der Waals surface area (Å²) in [5, 5.41) is 54.7. The van der Waals surface area contributed by atoms with Crippen molar-refractivity contribution < 1.29 is 33.9 Å². The monoisotopic (exact) mass is 1040 g/mol. The number of benzene rings is 4. The van der Waals surface area contributed by atoms with Crippen LogP contribution in [0.15, 0.2) is 182 Å². The minimum atomic E-state index is -1.22. The summed E-state index contributed by atoms with van der Waals surface area (Å²) in [6, 6.07) is 39.4. The second-order valence-corrected chi connectivity index (χ2v) is 19.2. The highest BCUT2D eigenvalue weighted by Gasteiger charge is 2.30. The van der Waals surface area contributed by atoms with E-state index in [0.717, 1.165) is 16.7 Å². The van der Waals surface area contributed by atoms with E-state index in [0.29, 0.717) is 71.0 Å². The number of pyridine rings is 4. The molecule has 4 aromatic carbocycles. The lowest BCUT2D eigenvalue weighted by Gasteiger charge is -2.24. The summed E-state index contributed by atoms with van der Waals surface area (Å²) in [7, 11) is 10.9. The average Bonchev–Trinajstić information content (AvgIpc) is 3.44. The zero-order valence-electron chi connectivity index (χ0n) is 44.8. The molecule has 0 spiro atoms. The fourth-order valence-corrected chi connectivity index (χ4v) is 9.52. The molecule has 0 saturated carbocycles. The molecule has 0 aliphatic carbocycles. The van der Waals surface area contributed by atoms with E-state index < -0.39 is 12.0 Å². The van der Waals surface area contributed by atoms with Crippen LogP contribution in [0.3, 0.4) is 0 Å². The van der Waals surface area contributed by atoms with Crippen LogP contribution >= 0.6 is 0 Å². The van der Waals surface area contributed by atoms with E-state index in [1.165, 1.54) is 16.2 Å². The summed E-state index contributed by atoms with van der Waals surface area (Å²) in [4.78, 5) is 32.2. The molecule has 3 N–H and O–H groups in total. The maximum Gasteiger partial charge on any atom is 0.326 e. The summed E-state index contributed by atoms with van der Waals surface area (Å²) in [6.07, 6.45) is 7.06. The number of nitrogens with zero attached hydrogens (tertiary/aromatic N) is 10. The summed E-state index contributed by atoms with van der Waals surface area (Å²) in [5.74, 6) is -0.436. The molecule has 0 radical (unpaired) electrons. The Kier molecular flexibility index (Phi) is 17.6. The summed E-state index contributed by atoms with van der Waals surface area (Å²) < 4.78 is 18.3. The van der Waals surface area contributed by atoms with Crippen LogP contribution in [0.25, 0.3) is 11.4 Å². The number of rotatable bonds is 21. The Hall–Kier alpha value is -8.64. The van der Waals surface area contributed by atoms with Crippen LogP contribution in [0.2, 0.25) is 0 Å². The highest BCUT2D eigenvalue weighted by molar-refractivity contribution is 5.66. The third-order valence-electron chi connectivity index (χ3n) is 13.4. The second-order valence-electron chi connectivity index (χ2n) is 19.2. The van der Waals surface area contributed by atoms with Gasteiger partial charge in [-0.2, -0.15) is 9.13 Å². The number of aliphatic hydroxyl groups excluding tert-OH is 1. The van der Waals surface area contributed by atoms with E-state index >= 15 is 0 Å². The van der Waals surface area contributed by atoms with Crippen molar-refractivity contribution in [3.63, 3.8) is 0 Å². The van der Waals surface area contributed by atoms with Gasteiger partial charge in [-0.15, -0.1) is 20.5 Å². The van der Waals surface area contributed by atoms with Crippen molar-refractivity contribution in [1.82, 2.24) is 18.9 Å². The van der Waals surface area contributed by atoms with Gasteiger partial charge >= 0.3 is 11.1 Å². The molecule has 17 heteroatoms. The highest BCUT2D eigenvalue weighted by Crippen LogP contribution is 2.46. The number of hydrogen-bond donors (Lipinski definition) is 3. The molecule has 2 atom stereocenters. The number of azo groups is 2. The number of aromatic hydroxyl groups is 2. The molecule has 77 heavy (non-hydrogen) atoms. The fraction of sp³-hybridized carbons (Fsp3) is 0.267. The molecule has 4 aromatic heterocycles. The van der Waals surface area contributed by atoms with E-state index in [1.807, 2.05) is 159 Å². The topological polar surface area (TPSA) is 187 Å². The molecule has 8 aromatic rings. The Morgan fingerprint density at radius 1 is 0.532 bits per heavy atom. The van der Waals surface area contributed by atoms with Crippen LogP contribution < -0.4 is 29.7 Å². The summed E-state index contributed by atoms with van der Waals surface area (Å²) >= 11 is 0. The van der Waals surface area contributed by atoms with Crippen molar-refractivity contribution in [3.05, 3.63) is 212 Å². The molecule has 2 unspecified atom stereocenters. The minimum absolute atomic E-state index is 0.0844. The van der Waals surface area contributed by atoms with Gasteiger partial charge in [-0.25, -0.2) is 0 Å². The first-order valence-electron chi connectivity index (χ1n) is 25.4. The molecular formula is C60H66N10O7+2. The van der Waals surface area contributed by atoms with Crippen molar-refractivity contribution >= 4 is 22.7 Å². The smallest absolute Gasteiger partial charge is 0.326 e. The van der Waals surface area contributed by atoms with Gasteiger partial charge in [0.1, 0.15) is 29.0 Å². The van der Waals surface area contributed by atoms with Gasteiger partial charge in [0, 0.05) is 48.8 Å². The normalized spacial score (nSPS) is 12.5. The van der Waals surface area contributed by atoms with Crippen LogP contribution in [0.4, 0.5) is 22.7 Å². The van der Waals surface area contributed by atoms with Crippen molar-refractivity contribution in [3.8, 4) is 34.6 Å². The average molecular weight is 1040 g/mol. The number of methoxy groups -OCH3 is 2. The van der Waals surface area contributed by atoms with Crippen LogP contribution in [-0.2, 0) is 13.1 Å². The maximum atomic E-state index is 14.2. The van der Waals surface area contributed by atoms with Gasteiger partial charge in [0.05, 0.1) is 25.3 Å². The van der Waals surface area contributed by atoms with Crippen molar-refractivity contribution in [2.75, 3.05) is 55.5 Å². The van der Waals surface area contributed by atoms with Gasteiger partial charge in [0.15, 0.2) is 36.2 Å².